The van der Waals surface area contributed by atoms with Crippen LogP contribution in [-0.4, -0.2) is 17.0 Å². The molecule has 100 valence electrons. The summed E-state index contributed by atoms with van der Waals surface area (Å²) in [6.07, 6.45) is 4.15. The molecular weight excluding hydrogens is 244 g/mol. The lowest BCUT2D eigenvalue weighted by atomic mass is 9.96. The number of hydrogen-bond donors (Lipinski definition) is 2. The number of nitrogens with zero attached hydrogens (tertiary/aromatic N) is 2. The monoisotopic (exact) mass is 260 g/mol. The Labute approximate surface area is 111 Å². The fraction of sp³-hybridized carbons (Fsp3) is 0.462. The molecule has 0 bridgehead atoms. The van der Waals surface area contributed by atoms with Gasteiger partial charge in [-0.25, -0.2) is 0 Å². The summed E-state index contributed by atoms with van der Waals surface area (Å²) in [4.78, 5) is 10.2. The molecule has 0 aliphatic heterocycles. The first kappa shape index (κ1) is 13.3. The molecule has 1 saturated carbocycles. The van der Waals surface area contributed by atoms with Crippen molar-refractivity contribution in [2.75, 3.05) is 11.9 Å². The molecule has 1 fully saturated rings. The van der Waals surface area contributed by atoms with E-state index in [1.165, 1.54) is 12.1 Å². The summed E-state index contributed by atoms with van der Waals surface area (Å²) in [6.45, 7) is 0.495. The van der Waals surface area contributed by atoms with E-state index in [1.807, 2.05) is 6.07 Å². The zero-order valence-corrected chi connectivity index (χ0v) is 10.6. The van der Waals surface area contributed by atoms with Crippen LogP contribution in [0.3, 0.4) is 0 Å². The SMILES string of the molecule is N#Cc1cc([N+](=O)[O-])ccc1NC1(CN)CCCC1. The Morgan fingerprint density at radius 1 is 1.47 bits per heavy atom. The van der Waals surface area contributed by atoms with Gasteiger partial charge in [0.1, 0.15) is 6.07 Å². The Morgan fingerprint density at radius 3 is 2.68 bits per heavy atom. The summed E-state index contributed by atoms with van der Waals surface area (Å²) in [6, 6.07) is 6.29. The fourth-order valence-electron chi connectivity index (χ4n) is 2.56. The van der Waals surface area contributed by atoms with Crippen molar-refractivity contribution < 1.29 is 4.92 Å². The van der Waals surface area contributed by atoms with Crippen LogP contribution in [0.4, 0.5) is 11.4 Å². The zero-order chi connectivity index (χ0) is 13.9. The number of rotatable bonds is 4. The Bertz CT molecular complexity index is 530. The van der Waals surface area contributed by atoms with Crippen molar-refractivity contribution in [1.29, 1.82) is 5.26 Å². The van der Waals surface area contributed by atoms with Crippen LogP contribution < -0.4 is 11.1 Å². The first-order chi connectivity index (χ1) is 9.10. The third-order valence-corrected chi connectivity index (χ3v) is 3.69. The second-order valence-electron chi connectivity index (χ2n) is 4.92. The number of nitrogens with two attached hydrogens (primary N) is 1. The number of nitro groups is 1. The number of nitriles is 1. The molecule has 0 amide bonds. The van der Waals surface area contributed by atoms with Gasteiger partial charge in [-0.2, -0.15) is 5.26 Å². The van der Waals surface area contributed by atoms with Crippen molar-refractivity contribution in [3.63, 3.8) is 0 Å². The molecular formula is C13H16N4O2. The highest BCUT2D eigenvalue weighted by molar-refractivity contribution is 5.62. The van der Waals surface area contributed by atoms with Crippen molar-refractivity contribution in [1.82, 2.24) is 0 Å². The van der Waals surface area contributed by atoms with Crippen LogP contribution in [-0.2, 0) is 0 Å². The van der Waals surface area contributed by atoms with E-state index in [-0.39, 0.29) is 16.8 Å². The van der Waals surface area contributed by atoms with E-state index in [0.29, 0.717) is 12.2 Å². The van der Waals surface area contributed by atoms with Crippen molar-refractivity contribution in [2.45, 2.75) is 31.2 Å². The lowest BCUT2D eigenvalue weighted by molar-refractivity contribution is -0.384. The average molecular weight is 260 g/mol. The number of nitrogens with one attached hydrogen (secondary N) is 1. The van der Waals surface area contributed by atoms with E-state index in [1.54, 1.807) is 6.07 Å². The number of nitro benzene ring substituents is 1. The second kappa shape index (κ2) is 5.24. The van der Waals surface area contributed by atoms with Gasteiger partial charge in [-0.3, -0.25) is 10.1 Å². The van der Waals surface area contributed by atoms with Gasteiger partial charge in [-0.15, -0.1) is 0 Å². The molecule has 6 nitrogen and oxygen atoms in total. The minimum Gasteiger partial charge on any atom is -0.377 e. The van der Waals surface area contributed by atoms with E-state index in [4.69, 9.17) is 11.0 Å². The molecule has 1 aromatic carbocycles. The van der Waals surface area contributed by atoms with Gasteiger partial charge in [0.05, 0.1) is 16.2 Å². The number of non-ortho nitro benzene ring substituents is 1. The lowest BCUT2D eigenvalue weighted by Crippen LogP contribution is -2.42. The van der Waals surface area contributed by atoms with Crippen LogP contribution in [0.5, 0.6) is 0 Å². The lowest BCUT2D eigenvalue weighted by Gasteiger charge is -2.30. The zero-order valence-electron chi connectivity index (χ0n) is 10.6. The predicted molar refractivity (Wildman–Crippen MR) is 71.7 cm³/mol. The molecule has 2 rings (SSSR count). The van der Waals surface area contributed by atoms with Crippen LogP contribution in [0.2, 0.25) is 0 Å². The standard InChI is InChI=1S/C13H16N4O2/c14-8-10-7-11(17(18)19)3-4-12(10)16-13(9-15)5-1-2-6-13/h3-4,7,16H,1-2,5-6,9,15H2. The maximum Gasteiger partial charge on any atom is 0.270 e. The Kier molecular flexibility index (Phi) is 3.67. The number of benzene rings is 1. The maximum absolute atomic E-state index is 10.7. The first-order valence-electron chi connectivity index (χ1n) is 6.27. The summed E-state index contributed by atoms with van der Waals surface area (Å²) in [7, 11) is 0. The van der Waals surface area contributed by atoms with Crippen molar-refractivity contribution in [3.8, 4) is 6.07 Å². The molecule has 0 heterocycles. The van der Waals surface area contributed by atoms with Crippen LogP contribution in [0.15, 0.2) is 18.2 Å². The molecule has 0 radical (unpaired) electrons. The molecule has 0 spiro atoms. The van der Waals surface area contributed by atoms with E-state index in [9.17, 15) is 10.1 Å². The van der Waals surface area contributed by atoms with Gasteiger partial charge in [-0.05, 0) is 18.9 Å². The van der Waals surface area contributed by atoms with Gasteiger partial charge in [0.15, 0.2) is 0 Å². The van der Waals surface area contributed by atoms with Gasteiger partial charge >= 0.3 is 0 Å². The minimum atomic E-state index is -0.501. The topological polar surface area (TPSA) is 105 Å². The van der Waals surface area contributed by atoms with Crippen molar-refractivity contribution >= 4 is 11.4 Å². The summed E-state index contributed by atoms with van der Waals surface area (Å²) < 4.78 is 0. The highest BCUT2D eigenvalue weighted by Gasteiger charge is 2.32. The normalized spacial score (nSPS) is 16.8. The molecule has 19 heavy (non-hydrogen) atoms. The molecule has 1 aromatic rings. The summed E-state index contributed by atoms with van der Waals surface area (Å²) in [5, 5.41) is 23.1. The van der Waals surface area contributed by atoms with Crippen LogP contribution in [0.25, 0.3) is 0 Å². The van der Waals surface area contributed by atoms with Gasteiger partial charge in [0.25, 0.3) is 5.69 Å². The molecule has 1 aliphatic carbocycles. The largest absolute Gasteiger partial charge is 0.377 e. The molecule has 0 saturated heterocycles. The summed E-state index contributed by atoms with van der Waals surface area (Å²) in [5.74, 6) is 0. The molecule has 0 aromatic heterocycles. The maximum atomic E-state index is 10.7. The summed E-state index contributed by atoms with van der Waals surface area (Å²) >= 11 is 0. The third-order valence-electron chi connectivity index (χ3n) is 3.69. The summed E-state index contributed by atoms with van der Waals surface area (Å²) in [5.41, 5.74) is 6.49. The van der Waals surface area contributed by atoms with E-state index in [0.717, 1.165) is 25.7 Å². The van der Waals surface area contributed by atoms with E-state index in [2.05, 4.69) is 5.32 Å². The quantitative estimate of drug-likeness (QED) is 0.637. The van der Waals surface area contributed by atoms with Crippen molar-refractivity contribution in [2.24, 2.45) is 5.73 Å². The molecule has 0 atom stereocenters. The van der Waals surface area contributed by atoms with Crippen LogP contribution in [0.1, 0.15) is 31.2 Å². The van der Waals surface area contributed by atoms with E-state index >= 15 is 0 Å². The van der Waals surface area contributed by atoms with Crippen molar-refractivity contribution in [3.05, 3.63) is 33.9 Å². The Balaban J connectivity index is 2.30. The molecule has 1 aliphatic rings. The molecule has 6 heteroatoms. The Morgan fingerprint density at radius 2 is 2.16 bits per heavy atom. The van der Waals surface area contributed by atoms with Crippen LogP contribution >= 0.6 is 0 Å². The molecule has 0 unspecified atom stereocenters. The minimum absolute atomic E-state index is 0.0738. The fourth-order valence-corrected chi connectivity index (χ4v) is 2.56. The van der Waals surface area contributed by atoms with Gasteiger partial charge in [0, 0.05) is 24.2 Å². The van der Waals surface area contributed by atoms with Gasteiger partial charge in [0.2, 0.25) is 0 Å². The van der Waals surface area contributed by atoms with Gasteiger partial charge in [-0.1, -0.05) is 12.8 Å². The predicted octanol–water partition coefficient (Wildman–Crippen LogP) is 2.15. The van der Waals surface area contributed by atoms with E-state index < -0.39 is 4.92 Å². The van der Waals surface area contributed by atoms with Crippen LogP contribution in [0, 0.1) is 21.4 Å². The second-order valence-corrected chi connectivity index (χ2v) is 4.92. The molecule has 3 N–H and O–H groups in total. The third kappa shape index (κ3) is 2.66. The number of hydrogen-bond acceptors (Lipinski definition) is 5. The Hall–Kier alpha value is -2.13. The smallest absolute Gasteiger partial charge is 0.270 e. The highest BCUT2D eigenvalue weighted by atomic mass is 16.6. The highest BCUT2D eigenvalue weighted by Crippen LogP contribution is 2.34. The average Bonchev–Trinajstić information content (AvgIpc) is 2.88. The van der Waals surface area contributed by atoms with Gasteiger partial charge < -0.3 is 11.1 Å². The number of anilines is 1. The first-order valence-corrected chi connectivity index (χ1v) is 6.27.